The van der Waals surface area contributed by atoms with Crippen molar-refractivity contribution in [1.82, 2.24) is 9.88 Å². The summed E-state index contributed by atoms with van der Waals surface area (Å²) in [4.78, 5) is 30.3. The highest BCUT2D eigenvalue weighted by atomic mass is 19.1. The fraction of sp³-hybridized carbons (Fsp3) is 0.458. The average molecular weight is 410 g/mol. The molecule has 0 saturated carbocycles. The lowest BCUT2D eigenvalue weighted by atomic mass is 9.84. The summed E-state index contributed by atoms with van der Waals surface area (Å²) >= 11 is 0. The zero-order chi connectivity index (χ0) is 21.1. The van der Waals surface area contributed by atoms with Crippen LogP contribution in [0.1, 0.15) is 56.6 Å². The summed E-state index contributed by atoms with van der Waals surface area (Å²) in [5.41, 5.74) is 3.89. The topological polar surface area (TPSA) is 62.3 Å². The van der Waals surface area contributed by atoms with Crippen LogP contribution in [0.15, 0.2) is 41.4 Å². The molecular weight excluding hydrogens is 381 g/mol. The first-order chi connectivity index (χ1) is 14.5. The van der Waals surface area contributed by atoms with Crippen molar-refractivity contribution in [2.24, 2.45) is 5.92 Å². The van der Waals surface area contributed by atoms with E-state index >= 15 is 0 Å². The average Bonchev–Trinajstić information content (AvgIpc) is 2.98. The maximum atomic E-state index is 14.4. The number of halogens is 1. The molecule has 0 bridgehead atoms. The Labute approximate surface area is 176 Å². The Morgan fingerprint density at radius 2 is 2.13 bits per heavy atom. The van der Waals surface area contributed by atoms with E-state index in [1.54, 1.807) is 24.4 Å². The molecule has 1 aromatic rings. The van der Waals surface area contributed by atoms with Crippen molar-refractivity contribution in [3.8, 4) is 0 Å². The van der Waals surface area contributed by atoms with Gasteiger partial charge in [-0.2, -0.15) is 0 Å². The van der Waals surface area contributed by atoms with E-state index in [1.165, 1.54) is 0 Å². The third-order valence-electron chi connectivity index (χ3n) is 6.29. The van der Waals surface area contributed by atoms with Gasteiger partial charge in [0.25, 0.3) is 0 Å². The number of amides is 2. The minimum absolute atomic E-state index is 0.0116. The van der Waals surface area contributed by atoms with Crippen LogP contribution < -0.4 is 5.32 Å². The van der Waals surface area contributed by atoms with Crippen LogP contribution in [0.2, 0.25) is 0 Å². The van der Waals surface area contributed by atoms with Gasteiger partial charge in [-0.05, 0) is 86.3 Å². The molecule has 3 aliphatic rings. The van der Waals surface area contributed by atoms with E-state index in [2.05, 4.69) is 10.3 Å². The number of likely N-dealkylation sites (tertiary alicyclic amines) is 1. The van der Waals surface area contributed by atoms with Gasteiger partial charge in [0.2, 0.25) is 11.8 Å². The molecule has 1 aromatic heterocycles. The maximum Gasteiger partial charge on any atom is 0.246 e. The summed E-state index contributed by atoms with van der Waals surface area (Å²) < 4.78 is 14.4. The Morgan fingerprint density at radius 1 is 1.27 bits per heavy atom. The lowest BCUT2D eigenvalue weighted by Crippen LogP contribution is -2.30. The van der Waals surface area contributed by atoms with Crippen molar-refractivity contribution < 1.29 is 14.0 Å². The Bertz CT molecular complexity index is 948. The molecule has 2 aliphatic heterocycles. The van der Waals surface area contributed by atoms with Crippen LogP contribution in [-0.2, 0) is 16.0 Å². The number of aryl methyl sites for hydroxylation is 1. The summed E-state index contributed by atoms with van der Waals surface area (Å²) in [5, 5.41) is 2.76. The number of hydrogen-bond donors (Lipinski definition) is 1. The number of nitrogens with one attached hydrogen (secondary N) is 1. The van der Waals surface area contributed by atoms with Crippen LogP contribution in [0, 0.1) is 5.92 Å². The molecule has 0 aromatic carbocycles. The van der Waals surface area contributed by atoms with Crippen molar-refractivity contribution in [2.45, 2.75) is 51.9 Å². The van der Waals surface area contributed by atoms with E-state index in [1.807, 2.05) is 17.9 Å². The van der Waals surface area contributed by atoms with Crippen molar-refractivity contribution in [1.29, 1.82) is 0 Å². The number of rotatable bonds is 3. The van der Waals surface area contributed by atoms with Gasteiger partial charge < -0.3 is 10.2 Å². The molecule has 6 heteroatoms. The van der Waals surface area contributed by atoms with Crippen molar-refractivity contribution in [2.75, 3.05) is 18.4 Å². The van der Waals surface area contributed by atoms with Crippen LogP contribution in [0.4, 0.5) is 10.2 Å². The van der Waals surface area contributed by atoms with Gasteiger partial charge in [-0.3, -0.25) is 9.59 Å². The molecule has 1 atom stereocenters. The number of aromatic nitrogens is 1. The molecule has 0 radical (unpaired) electrons. The Balaban J connectivity index is 1.39. The number of nitrogens with zero attached hydrogens (tertiary/aromatic N) is 2. The van der Waals surface area contributed by atoms with Gasteiger partial charge >= 0.3 is 0 Å². The second-order valence-corrected chi connectivity index (χ2v) is 8.40. The number of hydrogen-bond acceptors (Lipinski definition) is 3. The normalized spacial score (nSPS) is 22.5. The number of anilines is 1. The van der Waals surface area contributed by atoms with Gasteiger partial charge in [-0.1, -0.05) is 5.57 Å². The fourth-order valence-electron chi connectivity index (χ4n) is 4.65. The highest BCUT2D eigenvalue weighted by Crippen LogP contribution is 2.36. The van der Waals surface area contributed by atoms with E-state index in [0.29, 0.717) is 31.7 Å². The molecule has 1 aliphatic carbocycles. The van der Waals surface area contributed by atoms with Crippen LogP contribution in [0.25, 0.3) is 6.08 Å². The zero-order valence-electron chi connectivity index (χ0n) is 17.4. The monoisotopic (exact) mass is 409 g/mol. The van der Waals surface area contributed by atoms with Crippen LogP contribution in [-0.4, -0.2) is 34.8 Å². The van der Waals surface area contributed by atoms with Gasteiger partial charge in [0.05, 0.1) is 0 Å². The highest BCUT2D eigenvalue weighted by Gasteiger charge is 2.26. The van der Waals surface area contributed by atoms with E-state index < -0.39 is 0 Å². The van der Waals surface area contributed by atoms with Crippen molar-refractivity contribution in [3.05, 3.63) is 52.5 Å². The molecule has 1 unspecified atom stereocenters. The summed E-state index contributed by atoms with van der Waals surface area (Å²) in [6, 6.07) is 1.97. The molecule has 1 fully saturated rings. The third kappa shape index (κ3) is 4.53. The number of carbonyl (C=O) groups excluding carboxylic acids is 2. The predicted octanol–water partition coefficient (Wildman–Crippen LogP) is 4.57. The molecule has 0 spiro atoms. The molecule has 2 amide bonds. The van der Waals surface area contributed by atoms with Crippen LogP contribution in [0.3, 0.4) is 0 Å². The Hall–Kier alpha value is -2.76. The fourth-order valence-corrected chi connectivity index (χ4v) is 4.65. The summed E-state index contributed by atoms with van der Waals surface area (Å²) in [6.45, 7) is 3.38. The number of allylic oxidation sites excluding steroid dienone is 4. The highest BCUT2D eigenvalue weighted by molar-refractivity contribution is 5.93. The first-order valence-corrected chi connectivity index (χ1v) is 10.8. The van der Waals surface area contributed by atoms with Gasteiger partial charge in [-0.15, -0.1) is 0 Å². The van der Waals surface area contributed by atoms with E-state index in [0.717, 1.165) is 54.4 Å². The number of fused-ring (bicyclic) bond motifs is 1. The SMILES string of the molecule is CC1=C(C2CCCN(C(=O)/C=C/c3cnc4c(c3)CCC(=O)N4)CC2)C(F)=CCC1. The first-order valence-electron chi connectivity index (χ1n) is 10.8. The van der Waals surface area contributed by atoms with Gasteiger partial charge in [0.1, 0.15) is 11.6 Å². The molecule has 5 nitrogen and oxygen atoms in total. The lowest BCUT2D eigenvalue weighted by molar-refractivity contribution is -0.126. The van der Waals surface area contributed by atoms with E-state index in [-0.39, 0.29) is 23.6 Å². The summed E-state index contributed by atoms with van der Waals surface area (Å²) in [5.74, 6) is 0.722. The van der Waals surface area contributed by atoms with Crippen LogP contribution in [0.5, 0.6) is 0 Å². The molecule has 30 heavy (non-hydrogen) atoms. The molecule has 158 valence electrons. The molecule has 4 rings (SSSR count). The van der Waals surface area contributed by atoms with E-state index in [4.69, 9.17) is 0 Å². The minimum atomic E-state index is -0.0560. The molecule has 1 saturated heterocycles. The minimum Gasteiger partial charge on any atom is -0.339 e. The zero-order valence-corrected chi connectivity index (χ0v) is 17.4. The van der Waals surface area contributed by atoms with Gasteiger partial charge in [-0.25, -0.2) is 9.37 Å². The molecule has 1 N–H and O–H groups in total. The summed E-state index contributed by atoms with van der Waals surface area (Å²) in [7, 11) is 0. The third-order valence-corrected chi connectivity index (χ3v) is 6.29. The van der Waals surface area contributed by atoms with Gasteiger partial charge in [0.15, 0.2) is 0 Å². The lowest BCUT2D eigenvalue weighted by Gasteiger charge is -2.23. The maximum absolute atomic E-state index is 14.4. The van der Waals surface area contributed by atoms with E-state index in [9.17, 15) is 14.0 Å². The summed E-state index contributed by atoms with van der Waals surface area (Å²) in [6.07, 6.45) is 12.2. The largest absolute Gasteiger partial charge is 0.339 e. The first kappa shape index (κ1) is 20.5. The molecule has 3 heterocycles. The standard InChI is InChI=1S/C24H28FN3O2/c1-16-4-2-6-20(25)23(16)18-5-3-12-28(13-11-18)22(30)10-7-17-14-19-8-9-21(29)27-24(19)26-15-17/h6-7,10,14-15,18H,2-5,8-9,11-13H2,1H3,(H,26,27,29)/b10-7+. The second-order valence-electron chi connectivity index (χ2n) is 8.40. The number of pyridine rings is 1. The number of carbonyl (C=O) groups is 2. The second kappa shape index (κ2) is 8.94. The quantitative estimate of drug-likeness (QED) is 0.744. The smallest absolute Gasteiger partial charge is 0.246 e. The Morgan fingerprint density at radius 3 is 2.97 bits per heavy atom. The van der Waals surface area contributed by atoms with Crippen molar-refractivity contribution >= 4 is 23.7 Å². The van der Waals surface area contributed by atoms with Crippen molar-refractivity contribution in [3.63, 3.8) is 0 Å². The predicted molar refractivity (Wildman–Crippen MR) is 115 cm³/mol. The van der Waals surface area contributed by atoms with Crippen LogP contribution >= 0.6 is 0 Å². The Kier molecular flexibility index (Phi) is 6.11. The van der Waals surface area contributed by atoms with Gasteiger partial charge in [0, 0.05) is 31.8 Å². The molecular formula is C24H28FN3O2.